The van der Waals surface area contributed by atoms with Gasteiger partial charge in [-0.05, 0) is 30.0 Å². The number of hydrogen-bond acceptors (Lipinski definition) is 5. The summed E-state index contributed by atoms with van der Waals surface area (Å²) in [6.07, 6.45) is 1.61. The summed E-state index contributed by atoms with van der Waals surface area (Å²) in [6.45, 7) is 2.04. The minimum absolute atomic E-state index is 0.249. The number of carboxylic acids is 1. The van der Waals surface area contributed by atoms with E-state index < -0.39 is 5.97 Å². The predicted octanol–water partition coefficient (Wildman–Crippen LogP) is 1.14. The Balaban J connectivity index is 1.81. The summed E-state index contributed by atoms with van der Waals surface area (Å²) >= 11 is 1.71. The summed E-state index contributed by atoms with van der Waals surface area (Å²) in [4.78, 5) is 13.3. The van der Waals surface area contributed by atoms with Crippen LogP contribution in [0.2, 0.25) is 0 Å². The molecular weight excluding hydrogens is 314 g/mol. The van der Waals surface area contributed by atoms with E-state index in [9.17, 15) is 4.79 Å². The maximum absolute atomic E-state index is 11.1. The van der Waals surface area contributed by atoms with Crippen molar-refractivity contribution in [3.8, 4) is 5.69 Å². The maximum Gasteiger partial charge on any atom is 0.335 e. The van der Waals surface area contributed by atoms with E-state index in [0.29, 0.717) is 5.75 Å². The van der Waals surface area contributed by atoms with E-state index in [1.165, 1.54) is 5.17 Å². The Hall–Kier alpha value is -2.35. The smallest absolute Gasteiger partial charge is 0.335 e. The number of carbonyl (C=O) groups is 1. The second-order valence-corrected chi connectivity index (χ2v) is 6.33. The number of nitrogens with zero attached hydrogens (tertiary/aromatic N) is 5. The molecule has 0 spiro atoms. The number of amidine groups is 1. The Morgan fingerprint density at radius 3 is 3.00 bits per heavy atom. The van der Waals surface area contributed by atoms with E-state index in [2.05, 4.69) is 33.8 Å². The van der Waals surface area contributed by atoms with Gasteiger partial charge in [0.1, 0.15) is 25.2 Å². The van der Waals surface area contributed by atoms with E-state index in [4.69, 9.17) is 5.11 Å². The molecule has 0 fully saturated rings. The molecule has 0 aliphatic carbocycles. The van der Waals surface area contributed by atoms with Gasteiger partial charge in [0.2, 0.25) is 0 Å². The van der Waals surface area contributed by atoms with Gasteiger partial charge in [-0.15, -0.1) is 10.2 Å². The highest BCUT2D eigenvalue weighted by Gasteiger charge is 2.25. The Bertz CT molecular complexity index is 771. The van der Waals surface area contributed by atoms with Gasteiger partial charge in [-0.2, -0.15) is 0 Å². The summed E-state index contributed by atoms with van der Waals surface area (Å²) in [5, 5.41) is 18.5. The number of carboxylic acid groups (broad SMARTS) is 1. The summed E-state index contributed by atoms with van der Waals surface area (Å²) in [5.74, 6) is 0.515. The van der Waals surface area contributed by atoms with Gasteiger partial charge < -0.3 is 5.11 Å². The molecule has 1 aliphatic heterocycles. The highest BCUT2D eigenvalue weighted by molar-refractivity contribution is 8.12. The molecule has 2 heterocycles. The molecule has 0 radical (unpaired) electrons. The number of rotatable bonds is 4. The van der Waals surface area contributed by atoms with Gasteiger partial charge >= 0.3 is 11.1 Å². The van der Waals surface area contributed by atoms with Gasteiger partial charge in [-0.3, -0.25) is 14.0 Å². The Labute approximate surface area is 138 Å². The number of likely N-dealkylation sites (N-methyl/N-ethyl adjacent to an activating group) is 2. The minimum Gasteiger partial charge on any atom is -0.478 e. The first-order valence-electron chi connectivity index (χ1n) is 7.21. The van der Waals surface area contributed by atoms with Crippen molar-refractivity contribution in [1.82, 2.24) is 19.7 Å². The topological polar surface area (TPSA) is 74.3 Å². The molecule has 23 heavy (non-hydrogen) atoms. The van der Waals surface area contributed by atoms with Gasteiger partial charge in [-0.1, -0.05) is 6.07 Å². The molecule has 0 saturated carbocycles. The zero-order valence-corrected chi connectivity index (χ0v) is 13.8. The highest BCUT2D eigenvalue weighted by atomic mass is 32.2. The van der Waals surface area contributed by atoms with Crippen molar-refractivity contribution in [2.45, 2.75) is 5.75 Å². The number of aromatic nitrogens is 3. The Morgan fingerprint density at radius 1 is 1.48 bits per heavy atom. The number of thioether (sulfide) groups is 1. The van der Waals surface area contributed by atoms with Gasteiger partial charge in [0.05, 0.1) is 25.4 Å². The molecule has 0 saturated heterocycles. The number of aromatic carboxylic acids is 1. The van der Waals surface area contributed by atoms with Crippen molar-refractivity contribution in [1.29, 1.82) is 0 Å². The third-order valence-electron chi connectivity index (χ3n) is 3.74. The van der Waals surface area contributed by atoms with Crippen LogP contribution in [0.5, 0.6) is 0 Å². The zero-order chi connectivity index (χ0) is 16.4. The Morgan fingerprint density at radius 2 is 2.30 bits per heavy atom. The average Bonchev–Trinajstić information content (AvgIpc) is 3.13. The lowest BCUT2D eigenvalue weighted by Crippen LogP contribution is -2.21. The van der Waals surface area contributed by atoms with Crippen molar-refractivity contribution in [2.75, 3.05) is 27.2 Å². The number of benzene rings is 1. The normalized spacial score (nSPS) is 14.6. The van der Waals surface area contributed by atoms with E-state index in [1.807, 2.05) is 10.6 Å². The van der Waals surface area contributed by atoms with Crippen LogP contribution >= 0.6 is 11.8 Å². The van der Waals surface area contributed by atoms with Crippen LogP contribution in [0.15, 0.2) is 30.6 Å². The van der Waals surface area contributed by atoms with E-state index in [1.54, 1.807) is 36.3 Å². The molecule has 1 aliphatic rings. The van der Waals surface area contributed by atoms with Crippen LogP contribution in [0.1, 0.15) is 16.2 Å². The quantitative estimate of drug-likeness (QED) is 0.847. The molecule has 2 aromatic rings. The standard InChI is InChI=1S/C15H17N5O2S/c1-18-6-7-19(2)15(18)23-9-13-17-16-10-20(13)12-5-3-4-11(8-12)14(21)22/h3-5,8,10H,6-7,9H2,1-2H3/p+1. The lowest BCUT2D eigenvalue weighted by molar-refractivity contribution is -0.483. The second-order valence-electron chi connectivity index (χ2n) is 5.39. The second kappa shape index (κ2) is 6.41. The predicted molar refractivity (Wildman–Crippen MR) is 88.3 cm³/mol. The third kappa shape index (κ3) is 3.21. The first-order chi connectivity index (χ1) is 11.1. The van der Waals surface area contributed by atoms with Crippen LogP contribution in [-0.2, 0) is 5.75 Å². The molecule has 120 valence electrons. The lowest BCUT2D eigenvalue weighted by Gasteiger charge is -2.08. The summed E-state index contributed by atoms with van der Waals surface area (Å²) < 4.78 is 4.05. The maximum atomic E-state index is 11.1. The molecular formula is C15H18N5O2S+. The van der Waals surface area contributed by atoms with Crippen molar-refractivity contribution in [3.63, 3.8) is 0 Å². The lowest BCUT2D eigenvalue weighted by atomic mass is 10.2. The van der Waals surface area contributed by atoms with Crippen LogP contribution < -0.4 is 0 Å². The van der Waals surface area contributed by atoms with Gasteiger partial charge in [0.25, 0.3) is 0 Å². The first kappa shape index (κ1) is 15.5. The highest BCUT2D eigenvalue weighted by Crippen LogP contribution is 2.19. The molecule has 7 nitrogen and oxygen atoms in total. The summed E-state index contributed by atoms with van der Waals surface area (Å²) in [5.41, 5.74) is 1.00. The largest absolute Gasteiger partial charge is 0.478 e. The molecule has 0 unspecified atom stereocenters. The molecule has 1 aromatic heterocycles. The van der Waals surface area contributed by atoms with E-state index in [0.717, 1.165) is 24.6 Å². The van der Waals surface area contributed by atoms with Crippen LogP contribution in [-0.4, -0.2) is 67.7 Å². The summed E-state index contributed by atoms with van der Waals surface area (Å²) in [7, 11) is 4.15. The molecule has 0 atom stereocenters. The monoisotopic (exact) mass is 332 g/mol. The third-order valence-corrected chi connectivity index (χ3v) is 5.03. The van der Waals surface area contributed by atoms with Gasteiger partial charge in [0.15, 0.2) is 0 Å². The molecule has 1 aromatic carbocycles. The molecule has 0 bridgehead atoms. The van der Waals surface area contributed by atoms with Crippen molar-refractivity contribution in [2.24, 2.45) is 0 Å². The summed E-state index contributed by atoms with van der Waals surface area (Å²) in [6, 6.07) is 6.78. The average molecular weight is 332 g/mol. The molecule has 8 heteroatoms. The fraction of sp³-hybridized carbons (Fsp3) is 0.333. The first-order valence-corrected chi connectivity index (χ1v) is 8.19. The van der Waals surface area contributed by atoms with Crippen LogP contribution in [0.3, 0.4) is 0 Å². The SMILES string of the molecule is CN1CC[N+](C)=C1SCc1nncn1-c1cccc(C(=O)O)c1. The molecule has 3 rings (SSSR count). The molecule has 0 amide bonds. The van der Waals surface area contributed by atoms with Crippen LogP contribution in [0.4, 0.5) is 0 Å². The van der Waals surface area contributed by atoms with Crippen LogP contribution in [0, 0.1) is 0 Å². The zero-order valence-electron chi connectivity index (χ0n) is 13.0. The Kier molecular flexibility index (Phi) is 4.33. The minimum atomic E-state index is -0.944. The van der Waals surface area contributed by atoms with Crippen molar-refractivity contribution >= 4 is 22.9 Å². The van der Waals surface area contributed by atoms with Gasteiger partial charge in [0, 0.05) is 5.69 Å². The van der Waals surface area contributed by atoms with E-state index in [-0.39, 0.29) is 5.56 Å². The van der Waals surface area contributed by atoms with Gasteiger partial charge in [-0.25, -0.2) is 4.79 Å². The fourth-order valence-corrected chi connectivity index (χ4v) is 3.57. The fourth-order valence-electron chi connectivity index (χ4n) is 2.49. The van der Waals surface area contributed by atoms with Crippen molar-refractivity contribution < 1.29 is 14.5 Å². The van der Waals surface area contributed by atoms with Crippen molar-refractivity contribution in [3.05, 3.63) is 42.0 Å². The van der Waals surface area contributed by atoms with Crippen LogP contribution in [0.25, 0.3) is 5.69 Å². The molecule has 1 N–H and O–H groups in total. The number of hydrogen-bond donors (Lipinski definition) is 1. The van der Waals surface area contributed by atoms with E-state index >= 15 is 0 Å².